The predicted molar refractivity (Wildman–Crippen MR) is 145 cm³/mol. The van der Waals surface area contributed by atoms with Gasteiger partial charge in [0.2, 0.25) is 0 Å². The van der Waals surface area contributed by atoms with Gasteiger partial charge >= 0.3 is 0 Å². The summed E-state index contributed by atoms with van der Waals surface area (Å²) in [7, 11) is 3.16. The molecular formula is C28H30N6O3. The molecule has 2 aromatic carbocycles. The molecule has 0 unspecified atom stereocenters. The normalized spacial score (nSPS) is 13.7. The van der Waals surface area contributed by atoms with Crippen LogP contribution in [0.25, 0.3) is 22.2 Å². The Kier molecular flexibility index (Phi) is 7.02. The minimum Gasteiger partial charge on any atom is -0.493 e. The summed E-state index contributed by atoms with van der Waals surface area (Å²) in [6.45, 7) is 0.534. The number of para-hydroxylation sites is 2. The summed E-state index contributed by atoms with van der Waals surface area (Å²) in [6.07, 6.45) is 9.41. The highest BCUT2D eigenvalue weighted by molar-refractivity contribution is 6.10. The lowest BCUT2D eigenvalue weighted by atomic mass is 9.97. The number of carbonyl (C=O) groups is 1. The Morgan fingerprint density at radius 1 is 1.11 bits per heavy atom. The van der Waals surface area contributed by atoms with E-state index in [4.69, 9.17) is 25.2 Å². The van der Waals surface area contributed by atoms with E-state index in [0.29, 0.717) is 40.2 Å². The number of anilines is 1. The molecule has 0 atom stereocenters. The van der Waals surface area contributed by atoms with Gasteiger partial charge in [-0.3, -0.25) is 4.79 Å². The molecule has 2 heterocycles. The largest absolute Gasteiger partial charge is 0.493 e. The summed E-state index contributed by atoms with van der Waals surface area (Å²) < 4.78 is 12.2. The topological polar surface area (TPSA) is 117 Å². The molecule has 4 aromatic rings. The van der Waals surface area contributed by atoms with Gasteiger partial charge in [-0.05, 0) is 68.0 Å². The summed E-state index contributed by atoms with van der Waals surface area (Å²) in [5, 5.41) is 7.60. The number of hydrogen-bond acceptors (Lipinski definition) is 7. The highest BCUT2D eigenvalue weighted by Crippen LogP contribution is 2.29. The fourth-order valence-electron chi connectivity index (χ4n) is 4.60. The van der Waals surface area contributed by atoms with Crippen molar-refractivity contribution in [3.63, 3.8) is 0 Å². The van der Waals surface area contributed by atoms with E-state index in [1.807, 2.05) is 30.3 Å². The Morgan fingerprint density at radius 3 is 2.62 bits per heavy atom. The van der Waals surface area contributed by atoms with Crippen LogP contribution in [0.5, 0.6) is 11.5 Å². The molecule has 5 rings (SSSR count). The molecule has 1 amide bonds. The third-order valence-electron chi connectivity index (χ3n) is 6.55. The molecule has 0 radical (unpaired) electrons. The van der Waals surface area contributed by atoms with Crippen LogP contribution in [0.1, 0.15) is 48.0 Å². The molecule has 37 heavy (non-hydrogen) atoms. The first kappa shape index (κ1) is 24.3. The van der Waals surface area contributed by atoms with Crippen LogP contribution >= 0.6 is 0 Å². The highest BCUT2D eigenvalue weighted by Gasteiger charge is 2.24. The molecule has 1 aliphatic carbocycles. The second-order valence-electron chi connectivity index (χ2n) is 8.93. The van der Waals surface area contributed by atoms with Crippen LogP contribution in [0.3, 0.4) is 0 Å². The van der Waals surface area contributed by atoms with Gasteiger partial charge in [0.25, 0.3) is 5.91 Å². The number of carbonyl (C=O) groups excluding carboxylic acids is 1. The minimum absolute atomic E-state index is 0.177. The Balaban J connectivity index is 1.51. The number of aromatic nitrogens is 3. The number of nitrogens with two attached hydrogens (primary N) is 1. The van der Waals surface area contributed by atoms with Crippen molar-refractivity contribution in [2.24, 2.45) is 5.10 Å². The van der Waals surface area contributed by atoms with Gasteiger partial charge in [0.1, 0.15) is 16.9 Å². The van der Waals surface area contributed by atoms with Crippen molar-refractivity contribution in [2.45, 2.75) is 32.1 Å². The molecule has 2 aromatic heterocycles. The number of nitrogens with zero attached hydrogens (tertiary/aromatic N) is 4. The number of ether oxygens (including phenoxy) is 2. The number of allylic oxidation sites excluding steroid dienone is 1. The standard InChI is InChI=1S/C28H30N6O3/c1-36-22-13-12-19(16-23(22)37-2)17-31-34-26(29)24(28(35)30-15-14-18-8-4-3-5-9-18)25-27(34)33-21-11-7-6-10-20(21)32-25/h6-8,10-13,16-17H,3-5,9,14-15,29H2,1-2H3,(H,30,35)/b31-17+. The third-order valence-corrected chi connectivity index (χ3v) is 6.55. The summed E-state index contributed by atoms with van der Waals surface area (Å²) in [5.41, 5.74) is 11.1. The van der Waals surface area contributed by atoms with Gasteiger partial charge in [-0.25, -0.2) is 9.97 Å². The lowest BCUT2D eigenvalue weighted by Gasteiger charge is -2.13. The predicted octanol–water partition coefficient (Wildman–Crippen LogP) is 4.69. The van der Waals surface area contributed by atoms with Gasteiger partial charge in [-0.2, -0.15) is 9.78 Å². The number of amides is 1. The van der Waals surface area contributed by atoms with Gasteiger partial charge in [0, 0.05) is 6.54 Å². The quantitative estimate of drug-likeness (QED) is 0.269. The number of fused-ring (bicyclic) bond motifs is 2. The van der Waals surface area contributed by atoms with Gasteiger partial charge in [0.15, 0.2) is 17.1 Å². The smallest absolute Gasteiger partial charge is 0.257 e. The number of nitrogens with one attached hydrogen (secondary N) is 1. The molecule has 0 bridgehead atoms. The van der Waals surface area contributed by atoms with Gasteiger partial charge in [-0.15, -0.1) is 0 Å². The molecule has 9 nitrogen and oxygen atoms in total. The number of hydrogen-bond donors (Lipinski definition) is 2. The molecule has 9 heteroatoms. The monoisotopic (exact) mass is 498 g/mol. The maximum Gasteiger partial charge on any atom is 0.257 e. The zero-order valence-corrected chi connectivity index (χ0v) is 21.0. The van der Waals surface area contributed by atoms with Crippen molar-refractivity contribution < 1.29 is 14.3 Å². The molecule has 0 saturated carbocycles. The zero-order valence-electron chi connectivity index (χ0n) is 21.0. The van der Waals surface area contributed by atoms with Crippen molar-refractivity contribution in [1.82, 2.24) is 20.0 Å². The first-order valence-electron chi connectivity index (χ1n) is 12.4. The number of rotatable bonds is 8. The van der Waals surface area contributed by atoms with Crippen LogP contribution < -0.4 is 20.5 Å². The van der Waals surface area contributed by atoms with E-state index in [9.17, 15) is 4.79 Å². The number of nitrogen functional groups attached to an aromatic ring is 1. The summed E-state index contributed by atoms with van der Waals surface area (Å²) in [5.74, 6) is 1.08. The van der Waals surface area contributed by atoms with E-state index in [0.717, 1.165) is 24.8 Å². The maximum absolute atomic E-state index is 13.3. The van der Waals surface area contributed by atoms with Crippen molar-refractivity contribution in [3.05, 3.63) is 65.2 Å². The molecule has 0 spiro atoms. The molecule has 1 aliphatic rings. The van der Waals surface area contributed by atoms with Crippen LogP contribution in [-0.4, -0.2) is 47.5 Å². The minimum atomic E-state index is -0.288. The van der Waals surface area contributed by atoms with Crippen LogP contribution in [-0.2, 0) is 0 Å². The van der Waals surface area contributed by atoms with Gasteiger partial charge in [0.05, 0.1) is 31.5 Å². The van der Waals surface area contributed by atoms with E-state index in [-0.39, 0.29) is 17.3 Å². The first-order valence-corrected chi connectivity index (χ1v) is 12.4. The second-order valence-corrected chi connectivity index (χ2v) is 8.93. The Bertz CT molecular complexity index is 1520. The van der Waals surface area contributed by atoms with E-state index >= 15 is 0 Å². The van der Waals surface area contributed by atoms with Crippen molar-refractivity contribution >= 4 is 40.1 Å². The van der Waals surface area contributed by atoms with Gasteiger partial charge in [-0.1, -0.05) is 23.8 Å². The lowest BCUT2D eigenvalue weighted by molar-refractivity contribution is 0.0956. The van der Waals surface area contributed by atoms with E-state index in [2.05, 4.69) is 16.5 Å². The third kappa shape index (κ3) is 4.97. The summed E-state index contributed by atoms with van der Waals surface area (Å²) in [4.78, 5) is 22.8. The summed E-state index contributed by atoms with van der Waals surface area (Å²) in [6, 6.07) is 13.0. The van der Waals surface area contributed by atoms with Crippen molar-refractivity contribution in [3.8, 4) is 11.5 Å². The van der Waals surface area contributed by atoms with E-state index in [1.54, 1.807) is 32.6 Å². The number of benzene rings is 2. The van der Waals surface area contributed by atoms with Crippen LogP contribution in [0.15, 0.2) is 59.2 Å². The summed E-state index contributed by atoms with van der Waals surface area (Å²) >= 11 is 0. The lowest BCUT2D eigenvalue weighted by Crippen LogP contribution is -2.25. The van der Waals surface area contributed by atoms with Crippen LogP contribution in [0.4, 0.5) is 5.82 Å². The second kappa shape index (κ2) is 10.7. The highest BCUT2D eigenvalue weighted by atomic mass is 16.5. The molecular weight excluding hydrogens is 468 g/mol. The van der Waals surface area contributed by atoms with E-state index in [1.165, 1.54) is 23.1 Å². The average Bonchev–Trinajstić information content (AvgIpc) is 3.20. The Hall–Kier alpha value is -4.40. The fourth-order valence-corrected chi connectivity index (χ4v) is 4.60. The van der Waals surface area contributed by atoms with Crippen LogP contribution in [0, 0.1) is 0 Å². The fraction of sp³-hybridized carbons (Fsp3) is 0.286. The van der Waals surface area contributed by atoms with Gasteiger partial charge < -0.3 is 20.5 Å². The van der Waals surface area contributed by atoms with Crippen molar-refractivity contribution in [1.29, 1.82) is 0 Å². The molecule has 3 N–H and O–H groups in total. The SMILES string of the molecule is COc1ccc(/C=N/n2c(N)c(C(=O)NCCC3=CCCCC3)c3nc4ccccc4nc32)cc1OC. The molecule has 0 aliphatic heterocycles. The molecule has 190 valence electrons. The van der Waals surface area contributed by atoms with E-state index < -0.39 is 0 Å². The van der Waals surface area contributed by atoms with Crippen molar-refractivity contribution in [2.75, 3.05) is 26.5 Å². The molecule has 0 fully saturated rings. The zero-order chi connectivity index (χ0) is 25.8. The Morgan fingerprint density at radius 2 is 1.89 bits per heavy atom. The average molecular weight is 499 g/mol. The number of methoxy groups -OCH3 is 2. The first-order chi connectivity index (χ1) is 18.1. The molecule has 0 saturated heterocycles. The van der Waals surface area contributed by atoms with Crippen LogP contribution in [0.2, 0.25) is 0 Å². The Labute approximate surface area is 215 Å². The maximum atomic E-state index is 13.3.